The smallest absolute Gasteiger partial charge is 0.110 e. The van der Waals surface area contributed by atoms with Gasteiger partial charge in [-0.2, -0.15) is 0 Å². The molecule has 0 spiro atoms. The van der Waals surface area contributed by atoms with Gasteiger partial charge in [0, 0.05) is 0 Å². The lowest BCUT2D eigenvalue weighted by Crippen LogP contribution is -2.14. The van der Waals surface area contributed by atoms with E-state index in [0.717, 1.165) is 6.42 Å². The van der Waals surface area contributed by atoms with Gasteiger partial charge in [-0.3, -0.25) is 0 Å². The van der Waals surface area contributed by atoms with E-state index in [2.05, 4.69) is 0 Å². The number of rotatable bonds is 0. The lowest BCUT2D eigenvalue weighted by atomic mass is 10.2. The van der Waals surface area contributed by atoms with Crippen molar-refractivity contribution in [3.63, 3.8) is 0 Å². The maximum atomic E-state index is 9.27. The highest BCUT2D eigenvalue weighted by Gasteiger charge is 2.44. The topological polar surface area (TPSA) is 32.8 Å². The lowest BCUT2D eigenvalue weighted by Gasteiger charge is -2.02. The summed E-state index contributed by atoms with van der Waals surface area (Å²) in [6.07, 6.45) is 5.01. The summed E-state index contributed by atoms with van der Waals surface area (Å²) in [6.45, 7) is 0. The molecule has 1 heterocycles. The summed E-state index contributed by atoms with van der Waals surface area (Å²) in [5.74, 6) is 0. The molecule has 3 atom stereocenters. The van der Waals surface area contributed by atoms with Crippen LogP contribution in [-0.2, 0) is 4.74 Å². The van der Waals surface area contributed by atoms with Crippen LogP contribution in [0.25, 0.3) is 0 Å². The van der Waals surface area contributed by atoms with Crippen molar-refractivity contribution >= 4 is 0 Å². The van der Waals surface area contributed by atoms with Gasteiger partial charge in [0.15, 0.2) is 0 Å². The van der Waals surface area contributed by atoms with Crippen LogP contribution >= 0.6 is 0 Å². The third-order valence-corrected chi connectivity index (χ3v) is 2.24. The SMILES string of the molecule is OC1CCCCC2OC12. The molecule has 0 bridgehead atoms. The molecule has 0 radical (unpaired) electrons. The standard InChI is InChI=1S/C7H12O2/c8-5-3-1-2-4-6-7(5)9-6/h5-8H,1-4H2. The van der Waals surface area contributed by atoms with E-state index in [0.29, 0.717) is 6.10 Å². The van der Waals surface area contributed by atoms with E-state index < -0.39 is 0 Å². The molecule has 0 aromatic carbocycles. The van der Waals surface area contributed by atoms with Crippen molar-refractivity contribution in [2.45, 2.75) is 44.0 Å². The summed E-state index contributed by atoms with van der Waals surface area (Å²) in [5.41, 5.74) is 0. The van der Waals surface area contributed by atoms with Crippen LogP contribution < -0.4 is 0 Å². The normalized spacial score (nSPS) is 49.7. The molecular weight excluding hydrogens is 116 g/mol. The first kappa shape index (κ1) is 5.69. The van der Waals surface area contributed by atoms with Gasteiger partial charge in [-0.1, -0.05) is 12.8 Å². The number of hydrogen-bond donors (Lipinski definition) is 1. The maximum absolute atomic E-state index is 9.27. The predicted molar refractivity (Wildman–Crippen MR) is 33.1 cm³/mol. The summed E-state index contributed by atoms with van der Waals surface area (Å²) in [7, 11) is 0. The third-order valence-electron chi connectivity index (χ3n) is 2.24. The average molecular weight is 128 g/mol. The minimum atomic E-state index is -0.155. The Balaban J connectivity index is 1.96. The molecule has 2 fully saturated rings. The minimum absolute atomic E-state index is 0.155. The van der Waals surface area contributed by atoms with E-state index >= 15 is 0 Å². The Labute approximate surface area is 54.8 Å². The molecule has 1 aliphatic heterocycles. The van der Waals surface area contributed by atoms with Crippen LogP contribution in [0.15, 0.2) is 0 Å². The van der Waals surface area contributed by atoms with Crippen molar-refractivity contribution in [3.8, 4) is 0 Å². The van der Waals surface area contributed by atoms with Crippen molar-refractivity contribution in [1.29, 1.82) is 0 Å². The van der Waals surface area contributed by atoms with Crippen molar-refractivity contribution in [2.75, 3.05) is 0 Å². The van der Waals surface area contributed by atoms with Crippen LogP contribution in [0, 0.1) is 0 Å². The van der Waals surface area contributed by atoms with E-state index in [1.165, 1.54) is 19.3 Å². The quantitative estimate of drug-likeness (QED) is 0.487. The zero-order chi connectivity index (χ0) is 6.27. The molecule has 2 nitrogen and oxygen atoms in total. The molecular formula is C7H12O2. The average Bonchev–Trinajstić information content (AvgIpc) is 2.55. The Morgan fingerprint density at radius 3 is 2.89 bits per heavy atom. The third kappa shape index (κ3) is 0.970. The monoisotopic (exact) mass is 128 g/mol. The Morgan fingerprint density at radius 2 is 2.00 bits per heavy atom. The fraction of sp³-hybridized carbons (Fsp3) is 1.00. The van der Waals surface area contributed by atoms with E-state index in [1.807, 2.05) is 0 Å². The molecule has 2 aliphatic rings. The molecule has 9 heavy (non-hydrogen) atoms. The van der Waals surface area contributed by atoms with E-state index in [4.69, 9.17) is 4.74 Å². The number of hydrogen-bond acceptors (Lipinski definition) is 2. The highest BCUT2D eigenvalue weighted by Crippen LogP contribution is 2.34. The minimum Gasteiger partial charge on any atom is -0.390 e. The van der Waals surface area contributed by atoms with Crippen molar-refractivity contribution < 1.29 is 9.84 Å². The van der Waals surface area contributed by atoms with Crippen LogP contribution in [0.2, 0.25) is 0 Å². The molecule has 1 N–H and O–H groups in total. The van der Waals surface area contributed by atoms with Gasteiger partial charge in [0.05, 0.1) is 12.2 Å². The second kappa shape index (κ2) is 1.96. The van der Waals surface area contributed by atoms with Gasteiger partial charge >= 0.3 is 0 Å². The first-order valence-corrected chi connectivity index (χ1v) is 3.71. The Kier molecular flexibility index (Phi) is 1.24. The molecule has 1 aliphatic carbocycles. The van der Waals surface area contributed by atoms with Gasteiger partial charge in [-0.05, 0) is 12.8 Å². The summed E-state index contributed by atoms with van der Waals surface area (Å²) in [6, 6.07) is 0. The van der Waals surface area contributed by atoms with Gasteiger partial charge in [0.1, 0.15) is 6.10 Å². The van der Waals surface area contributed by atoms with Crippen molar-refractivity contribution in [3.05, 3.63) is 0 Å². The molecule has 1 saturated carbocycles. The Morgan fingerprint density at radius 1 is 1.22 bits per heavy atom. The van der Waals surface area contributed by atoms with Gasteiger partial charge in [-0.15, -0.1) is 0 Å². The highest BCUT2D eigenvalue weighted by molar-refractivity contribution is 4.92. The molecule has 1 saturated heterocycles. The summed E-state index contributed by atoms with van der Waals surface area (Å²) in [4.78, 5) is 0. The van der Waals surface area contributed by atoms with Gasteiger partial charge in [-0.25, -0.2) is 0 Å². The first-order valence-electron chi connectivity index (χ1n) is 3.71. The summed E-state index contributed by atoms with van der Waals surface area (Å²) < 4.78 is 5.22. The lowest BCUT2D eigenvalue weighted by molar-refractivity contribution is 0.122. The van der Waals surface area contributed by atoms with E-state index in [1.54, 1.807) is 0 Å². The molecule has 0 aromatic heterocycles. The Hall–Kier alpha value is -0.0800. The molecule has 2 rings (SSSR count). The molecule has 2 heteroatoms. The van der Waals surface area contributed by atoms with E-state index in [-0.39, 0.29) is 12.2 Å². The van der Waals surface area contributed by atoms with Gasteiger partial charge < -0.3 is 9.84 Å². The second-order valence-corrected chi connectivity index (χ2v) is 2.99. The predicted octanol–water partition coefficient (Wildman–Crippen LogP) is 0.689. The summed E-state index contributed by atoms with van der Waals surface area (Å²) >= 11 is 0. The van der Waals surface area contributed by atoms with Crippen LogP contribution in [0.3, 0.4) is 0 Å². The largest absolute Gasteiger partial charge is 0.390 e. The fourth-order valence-corrected chi connectivity index (χ4v) is 1.59. The van der Waals surface area contributed by atoms with Crippen LogP contribution in [0.4, 0.5) is 0 Å². The van der Waals surface area contributed by atoms with Crippen LogP contribution in [-0.4, -0.2) is 23.4 Å². The van der Waals surface area contributed by atoms with Crippen LogP contribution in [0.1, 0.15) is 25.7 Å². The number of fused-ring (bicyclic) bond motifs is 1. The number of epoxide rings is 1. The van der Waals surface area contributed by atoms with Crippen LogP contribution in [0.5, 0.6) is 0 Å². The fourth-order valence-electron chi connectivity index (χ4n) is 1.59. The zero-order valence-electron chi connectivity index (χ0n) is 5.42. The number of aliphatic hydroxyl groups is 1. The van der Waals surface area contributed by atoms with E-state index in [9.17, 15) is 5.11 Å². The van der Waals surface area contributed by atoms with Gasteiger partial charge in [0.2, 0.25) is 0 Å². The molecule has 0 aromatic rings. The maximum Gasteiger partial charge on any atom is 0.110 e. The first-order chi connectivity index (χ1) is 4.38. The second-order valence-electron chi connectivity index (χ2n) is 2.99. The summed E-state index contributed by atoms with van der Waals surface area (Å²) in [5, 5.41) is 9.27. The highest BCUT2D eigenvalue weighted by atomic mass is 16.6. The number of ether oxygens (including phenoxy) is 1. The van der Waals surface area contributed by atoms with Crippen molar-refractivity contribution in [2.24, 2.45) is 0 Å². The molecule has 0 amide bonds. The van der Waals surface area contributed by atoms with Crippen molar-refractivity contribution in [1.82, 2.24) is 0 Å². The Bertz CT molecular complexity index is 113. The molecule has 3 unspecified atom stereocenters. The molecule has 52 valence electrons. The zero-order valence-corrected chi connectivity index (χ0v) is 5.42. The van der Waals surface area contributed by atoms with Gasteiger partial charge in [0.25, 0.3) is 0 Å². The number of aliphatic hydroxyl groups excluding tert-OH is 1.